The van der Waals surface area contributed by atoms with Crippen LogP contribution in [0.4, 0.5) is 0 Å². The van der Waals surface area contributed by atoms with E-state index in [-0.39, 0.29) is 6.04 Å². The van der Waals surface area contributed by atoms with Crippen LogP contribution in [0.5, 0.6) is 0 Å². The lowest BCUT2D eigenvalue weighted by atomic mass is 10.2. The maximum atomic E-state index is 8.72. The lowest BCUT2D eigenvalue weighted by Gasteiger charge is -2.22. The molecule has 0 aliphatic carbocycles. The number of nitrogens with zero attached hydrogens (tertiary/aromatic N) is 4. The Morgan fingerprint density at radius 2 is 2.33 bits per heavy atom. The first-order valence-corrected chi connectivity index (χ1v) is 6.60. The number of hydrogen-bond acceptors (Lipinski definition) is 3. The summed E-state index contributed by atoms with van der Waals surface area (Å²) in [6.45, 7) is 2.84. The number of fused-ring (bicyclic) bond motifs is 1. The molecule has 94 valence electrons. The summed E-state index contributed by atoms with van der Waals surface area (Å²) in [6.07, 6.45) is 4.44. The lowest BCUT2D eigenvalue weighted by molar-refractivity contribution is 0.249. The molecule has 0 bridgehead atoms. The van der Waals surface area contributed by atoms with E-state index in [1.54, 1.807) is 0 Å². The van der Waals surface area contributed by atoms with Crippen molar-refractivity contribution < 1.29 is 0 Å². The second-order valence-corrected chi connectivity index (χ2v) is 5.37. The molecule has 0 radical (unpaired) electrons. The van der Waals surface area contributed by atoms with Crippen molar-refractivity contribution in [2.75, 3.05) is 7.05 Å². The Bertz CT molecular complexity index is 584. The van der Waals surface area contributed by atoms with Crippen LogP contribution in [0.15, 0.2) is 29.0 Å². The molecule has 0 saturated heterocycles. The fraction of sp³-hybridized carbons (Fsp3) is 0.385. The van der Waals surface area contributed by atoms with Gasteiger partial charge in [-0.25, -0.2) is 4.98 Å². The van der Waals surface area contributed by atoms with Gasteiger partial charge in [0.25, 0.3) is 0 Å². The van der Waals surface area contributed by atoms with Crippen molar-refractivity contribution in [1.82, 2.24) is 14.3 Å². The molecule has 0 fully saturated rings. The Kier molecular flexibility index (Phi) is 4.00. The number of hydrogen-bond donors (Lipinski definition) is 0. The third-order valence-electron chi connectivity index (χ3n) is 3.10. The molecule has 5 heteroatoms. The SMILES string of the molecule is C[C@@H](CC#N)N(C)Cc1cnc2ccc(Br)cn12. The van der Waals surface area contributed by atoms with Gasteiger partial charge in [-0.15, -0.1) is 0 Å². The molecule has 0 unspecified atom stereocenters. The highest BCUT2D eigenvalue weighted by molar-refractivity contribution is 9.10. The first-order valence-electron chi connectivity index (χ1n) is 5.80. The highest BCUT2D eigenvalue weighted by Gasteiger charge is 2.12. The zero-order valence-corrected chi connectivity index (χ0v) is 12.1. The van der Waals surface area contributed by atoms with Crippen LogP contribution < -0.4 is 0 Å². The molecule has 4 nitrogen and oxygen atoms in total. The fourth-order valence-electron chi connectivity index (χ4n) is 1.82. The van der Waals surface area contributed by atoms with Crippen molar-refractivity contribution in [3.8, 4) is 6.07 Å². The van der Waals surface area contributed by atoms with Gasteiger partial charge in [0.1, 0.15) is 5.65 Å². The standard InChI is InChI=1S/C13H15BrN4/c1-10(5-6-15)17(2)9-12-7-16-13-4-3-11(14)8-18(12)13/h3-4,7-8,10H,5,9H2,1-2H3/t10-/m0/s1. The number of pyridine rings is 1. The van der Waals surface area contributed by atoms with Gasteiger partial charge in [0.2, 0.25) is 0 Å². The van der Waals surface area contributed by atoms with Gasteiger partial charge < -0.3 is 4.40 Å². The summed E-state index contributed by atoms with van der Waals surface area (Å²) in [5.74, 6) is 0. The summed E-state index contributed by atoms with van der Waals surface area (Å²) in [7, 11) is 2.03. The summed E-state index contributed by atoms with van der Waals surface area (Å²) >= 11 is 3.47. The second kappa shape index (κ2) is 5.51. The summed E-state index contributed by atoms with van der Waals surface area (Å²) < 4.78 is 3.10. The van der Waals surface area contributed by atoms with E-state index in [4.69, 9.17) is 5.26 Å². The molecular formula is C13H15BrN4. The van der Waals surface area contributed by atoms with Crippen LogP contribution in [0, 0.1) is 11.3 Å². The molecule has 0 aromatic carbocycles. The minimum Gasteiger partial charge on any atom is -0.302 e. The van der Waals surface area contributed by atoms with Gasteiger partial charge in [0.15, 0.2) is 0 Å². The molecule has 2 rings (SSSR count). The number of rotatable bonds is 4. The van der Waals surface area contributed by atoms with Crippen molar-refractivity contribution in [3.63, 3.8) is 0 Å². The van der Waals surface area contributed by atoms with Crippen LogP contribution in [-0.2, 0) is 6.54 Å². The normalized spacial score (nSPS) is 12.8. The third kappa shape index (κ3) is 2.71. The average Bonchev–Trinajstić information content (AvgIpc) is 2.72. The van der Waals surface area contributed by atoms with Gasteiger partial charge >= 0.3 is 0 Å². The third-order valence-corrected chi connectivity index (χ3v) is 3.57. The smallest absolute Gasteiger partial charge is 0.136 e. The van der Waals surface area contributed by atoms with E-state index in [1.165, 1.54) is 0 Å². The largest absolute Gasteiger partial charge is 0.302 e. The second-order valence-electron chi connectivity index (χ2n) is 4.45. The number of halogens is 1. The van der Waals surface area contributed by atoms with Crippen molar-refractivity contribution in [2.24, 2.45) is 0 Å². The van der Waals surface area contributed by atoms with Crippen molar-refractivity contribution in [3.05, 3.63) is 34.7 Å². The Hall–Kier alpha value is -1.38. The zero-order chi connectivity index (χ0) is 13.1. The quantitative estimate of drug-likeness (QED) is 0.872. The predicted octanol–water partition coefficient (Wildman–Crippen LogP) is 2.83. The number of imidazole rings is 1. The number of nitriles is 1. The van der Waals surface area contributed by atoms with Gasteiger partial charge in [0, 0.05) is 23.3 Å². The summed E-state index contributed by atoms with van der Waals surface area (Å²) in [5, 5.41) is 8.72. The molecule has 0 saturated carbocycles. The summed E-state index contributed by atoms with van der Waals surface area (Å²) in [6, 6.07) is 6.40. The van der Waals surface area contributed by atoms with Gasteiger partial charge in [-0.3, -0.25) is 4.90 Å². The predicted molar refractivity (Wildman–Crippen MR) is 74.1 cm³/mol. The van der Waals surface area contributed by atoms with E-state index in [1.807, 2.05) is 31.6 Å². The van der Waals surface area contributed by atoms with Gasteiger partial charge in [-0.1, -0.05) is 0 Å². The van der Waals surface area contributed by atoms with Gasteiger partial charge in [0.05, 0.1) is 24.4 Å². The van der Waals surface area contributed by atoms with E-state index in [2.05, 4.69) is 43.2 Å². The molecule has 1 atom stereocenters. The van der Waals surface area contributed by atoms with Crippen LogP contribution in [-0.4, -0.2) is 27.4 Å². The summed E-state index contributed by atoms with van der Waals surface area (Å²) in [4.78, 5) is 6.53. The van der Waals surface area contributed by atoms with Crippen molar-refractivity contribution in [1.29, 1.82) is 5.26 Å². The van der Waals surface area contributed by atoms with Crippen LogP contribution >= 0.6 is 15.9 Å². The molecule has 0 N–H and O–H groups in total. The van der Waals surface area contributed by atoms with Crippen LogP contribution in [0.3, 0.4) is 0 Å². The molecule has 2 heterocycles. The first kappa shape index (κ1) is 13.1. The summed E-state index contributed by atoms with van der Waals surface area (Å²) in [5.41, 5.74) is 2.06. The molecule has 2 aromatic rings. The van der Waals surface area contributed by atoms with Crippen molar-refractivity contribution in [2.45, 2.75) is 25.9 Å². The minimum absolute atomic E-state index is 0.243. The van der Waals surface area contributed by atoms with E-state index < -0.39 is 0 Å². The van der Waals surface area contributed by atoms with Gasteiger partial charge in [-0.05, 0) is 42.0 Å². The van der Waals surface area contributed by atoms with Crippen molar-refractivity contribution >= 4 is 21.6 Å². The molecular weight excluding hydrogens is 292 g/mol. The first-order chi connectivity index (χ1) is 8.61. The maximum Gasteiger partial charge on any atom is 0.136 e. The molecule has 2 aromatic heterocycles. The Morgan fingerprint density at radius 1 is 1.56 bits per heavy atom. The zero-order valence-electron chi connectivity index (χ0n) is 10.5. The lowest BCUT2D eigenvalue weighted by Crippen LogP contribution is -2.28. The molecule has 0 aliphatic rings. The number of aromatic nitrogens is 2. The van der Waals surface area contributed by atoms with E-state index in [0.717, 1.165) is 22.4 Å². The maximum absolute atomic E-state index is 8.72. The molecule has 0 spiro atoms. The molecule has 0 amide bonds. The Morgan fingerprint density at radius 3 is 3.06 bits per heavy atom. The highest BCUT2D eigenvalue weighted by atomic mass is 79.9. The van der Waals surface area contributed by atoms with Crippen LogP contribution in [0.2, 0.25) is 0 Å². The molecule has 0 aliphatic heterocycles. The van der Waals surface area contributed by atoms with E-state index >= 15 is 0 Å². The minimum atomic E-state index is 0.243. The van der Waals surface area contributed by atoms with Crippen LogP contribution in [0.25, 0.3) is 5.65 Å². The Labute approximate surface area is 115 Å². The topological polar surface area (TPSA) is 44.3 Å². The molecule has 18 heavy (non-hydrogen) atoms. The highest BCUT2D eigenvalue weighted by Crippen LogP contribution is 2.15. The van der Waals surface area contributed by atoms with Crippen LogP contribution in [0.1, 0.15) is 19.0 Å². The monoisotopic (exact) mass is 306 g/mol. The van der Waals surface area contributed by atoms with E-state index in [9.17, 15) is 0 Å². The average molecular weight is 307 g/mol. The fourth-order valence-corrected chi connectivity index (χ4v) is 2.16. The Balaban J connectivity index is 2.22. The van der Waals surface area contributed by atoms with E-state index in [0.29, 0.717) is 6.42 Å². The van der Waals surface area contributed by atoms with Gasteiger partial charge in [-0.2, -0.15) is 5.26 Å².